The van der Waals surface area contributed by atoms with Crippen LogP contribution in [0.2, 0.25) is 0 Å². The predicted molar refractivity (Wildman–Crippen MR) is 101 cm³/mol. The van der Waals surface area contributed by atoms with E-state index >= 15 is 0 Å². The lowest BCUT2D eigenvalue weighted by atomic mass is 9.99. The van der Waals surface area contributed by atoms with Crippen LogP contribution in [0.15, 0.2) is 60.7 Å². The van der Waals surface area contributed by atoms with E-state index in [0.29, 0.717) is 0 Å². The molecule has 0 fully saturated rings. The molecule has 0 aliphatic rings. The standard InChI is InChI=1S/C22H19O3/c1-24-20-13-16(14-21(15-20)25-2)7-8-17-5-3-4-6-22(17)18-9-11-19(23)12-10-18/h3-5,7-15,23H,1-2H3/b8-7+. The van der Waals surface area contributed by atoms with Crippen LogP contribution < -0.4 is 9.47 Å². The first kappa shape index (κ1) is 16.7. The smallest absolute Gasteiger partial charge is 0.123 e. The van der Waals surface area contributed by atoms with Crippen molar-refractivity contribution in [3.63, 3.8) is 0 Å². The van der Waals surface area contributed by atoms with Crippen molar-refractivity contribution in [2.45, 2.75) is 0 Å². The van der Waals surface area contributed by atoms with E-state index in [1.165, 1.54) is 0 Å². The zero-order valence-corrected chi connectivity index (χ0v) is 14.2. The maximum atomic E-state index is 9.48. The molecule has 3 aromatic carbocycles. The molecule has 0 bridgehead atoms. The number of ether oxygens (including phenoxy) is 2. The number of rotatable bonds is 5. The number of phenolic OH excluding ortho intramolecular Hbond substituents is 1. The zero-order valence-electron chi connectivity index (χ0n) is 14.2. The Labute approximate surface area is 147 Å². The highest BCUT2D eigenvalue weighted by Crippen LogP contribution is 2.28. The molecule has 0 aliphatic heterocycles. The minimum Gasteiger partial charge on any atom is -0.508 e. The summed E-state index contributed by atoms with van der Waals surface area (Å²) in [6, 6.07) is 22.0. The van der Waals surface area contributed by atoms with Crippen LogP contribution in [0.3, 0.4) is 0 Å². The van der Waals surface area contributed by atoms with Gasteiger partial charge in [0.15, 0.2) is 0 Å². The van der Waals surface area contributed by atoms with Crippen molar-refractivity contribution < 1.29 is 14.6 Å². The largest absolute Gasteiger partial charge is 0.508 e. The second-order valence-corrected chi connectivity index (χ2v) is 5.53. The molecular formula is C22H19O3. The first-order chi connectivity index (χ1) is 12.2. The van der Waals surface area contributed by atoms with E-state index in [9.17, 15) is 5.11 Å². The Hall–Kier alpha value is -3.20. The van der Waals surface area contributed by atoms with E-state index in [4.69, 9.17) is 9.47 Å². The zero-order chi connectivity index (χ0) is 17.6. The van der Waals surface area contributed by atoms with E-state index < -0.39 is 0 Å². The summed E-state index contributed by atoms with van der Waals surface area (Å²) in [6.45, 7) is 0. The summed E-state index contributed by atoms with van der Waals surface area (Å²) in [5.74, 6) is 1.75. The second kappa shape index (κ2) is 7.58. The van der Waals surface area contributed by atoms with Gasteiger partial charge in [0.05, 0.1) is 14.2 Å². The molecule has 0 atom stereocenters. The monoisotopic (exact) mass is 331 g/mol. The van der Waals surface area contributed by atoms with Gasteiger partial charge in [-0.3, -0.25) is 0 Å². The van der Waals surface area contributed by atoms with Crippen molar-refractivity contribution in [2.75, 3.05) is 14.2 Å². The van der Waals surface area contributed by atoms with Crippen molar-refractivity contribution in [1.29, 1.82) is 0 Å². The Morgan fingerprint density at radius 2 is 1.56 bits per heavy atom. The molecule has 3 aromatic rings. The number of hydrogen-bond donors (Lipinski definition) is 1. The fourth-order valence-corrected chi connectivity index (χ4v) is 2.58. The van der Waals surface area contributed by atoms with Crippen molar-refractivity contribution >= 4 is 12.2 Å². The molecule has 0 spiro atoms. The molecule has 1 N–H and O–H groups in total. The molecule has 0 unspecified atom stereocenters. The first-order valence-electron chi connectivity index (χ1n) is 7.91. The summed E-state index contributed by atoms with van der Waals surface area (Å²) in [5, 5.41) is 9.48. The predicted octanol–water partition coefficient (Wildman–Crippen LogP) is 5.05. The lowest BCUT2D eigenvalue weighted by molar-refractivity contribution is 0.394. The highest BCUT2D eigenvalue weighted by Gasteiger charge is 2.04. The van der Waals surface area contributed by atoms with Crippen LogP contribution in [0.1, 0.15) is 11.1 Å². The summed E-state index contributed by atoms with van der Waals surface area (Å²) in [4.78, 5) is 0. The Morgan fingerprint density at radius 3 is 2.20 bits per heavy atom. The van der Waals surface area contributed by atoms with Gasteiger partial charge >= 0.3 is 0 Å². The van der Waals surface area contributed by atoms with Crippen molar-refractivity contribution in [2.24, 2.45) is 0 Å². The van der Waals surface area contributed by atoms with Gasteiger partial charge in [0, 0.05) is 6.07 Å². The third kappa shape index (κ3) is 4.01. The molecule has 3 rings (SSSR count). The van der Waals surface area contributed by atoms with Crippen LogP contribution in [-0.2, 0) is 0 Å². The van der Waals surface area contributed by atoms with Crippen molar-refractivity contribution in [1.82, 2.24) is 0 Å². The minimum atomic E-state index is 0.250. The molecule has 0 saturated carbocycles. The molecule has 0 aromatic heterocycles. The number of hydrogen-bond acceptors (Lipinski definition) is 3. The summed E-state index contributed by atoms with van der Waals surface area (Å²) in [6.07, 6.45) is 4.05. The van der Waals surface area contributed by atoms with Gasteiger partial charge < -0.3 is 14.6 Å². The van der Waals surface area contributed by atoms with Gasteiger partial charge in [-0.25, -0.2) is 0 Å². The lowest BCUT2D eigenvalue weighted by Crippen LogP contribution is -1.88. The maximum Gasteiger partial charge on any atom is 0.123 e. The third-order valence-electron chi connectivity index (χ3n) is 3.87. The summed E-state index contributed by atoms with van der Waals surface area (Å²) < 4.78 is 10.6. The Kier molecular flexibility index (Phi) is 5.05. The van der Waals surface area contributed by atoms with Crippen molar-refractivity contribution in [3.8, 4) is 28.4 Å². The molecular weight excluding hydrogens is 312 g/mol. The molecule has 125 valence electrons. The quantitative estimate of drug-likeness (QED) is 0.665. The van der Waals surface area contributed by atoms with E-state index in [-0.39, 0.29) is 5.75 Å². The Morgan fingerprint density at radius 1 is 0.880 bits per heavy atom. The molecule has 0 aliphatic carbocycles. The molecule has 0 saturated heterocycles. The number of aromatic hydroxyl groups is 1. The van der Waals surface area contributed by atoms with Crippen molar-refractivity contribution in [3.05, 3.63) is 77.9 Å². The van der Waals surface area contributed by atoms with Crippen LogP contribution >= 0.6 is 0 Å². The summed E-state index contributed by atoms with van der Waals surface area (Å²) >= 11 is 0. The number of phenols is 1. The third-order valence-corrected chi connectivity index (χ3v) is 3.87. The molecule has 0 heterocycles. The fourth-order valence-electron chi connectivity index (χ4n) is 2.58. The Bertz CT molecular complexity index is 858. The van der Waals surface area contributed by atoms with Crippen LogP contribution in [0, 0.1) is 6.07 Å². The SMILES string of the molecule is COc1cc(/C=C/c2ccc[c]c2-c2ccc(O)cc2)cc(OC)c1. The lowest BCUT2D eigenvalue weighted by Gasteiger charge is -2.07. The first-order valence-corrected chi connectivity index (χ1v) is 7.91. The Balaban J connectivity index is 1.96. The van der Waals surface area contributed by atoms with Gasteiger partial charge in [0.2, 0.25) is 0 Å². The minimum absolute atomic E-state index is 0.250. The summed E-state index contributed by atoms with van der Waals surface area (Å²) in [5.41, 5.74) is 4.00. The fraction of sp³-hybridized carbons (Fsp3) is 0.0909. The number of methoxy groups -OCH3 is 2. The van der Waals surface area contributed by atoms with Gasteiger partial charge in [-0.2, -0.15) is 0 Å². The average molecular weight is 331 g/mol. The molecule has 3 nitrogen and oxygen atoms in total. The van der Waals surface area contributed by atoms with E-state index in [2.05, 4.69) is 6.07 Å². The van der Waals surface area contributed by atoms with Gasteiger partial charge in [0.1, 0.15) is 17.2 Å². The second-order valence-electron chi connectivity index (χ2n) is 5.53. The highest BCUT2D eigenvalue weighted by molar-refractivity contribution is 5.81. The van der Waals surface area contributed by atoms with E-state index in [1.54, 1.807) is 26.4 Å². The van der Waals surface area contributed by atoms with Gasteiger partial charge in [-0.05, 0) is 52.6 Å². The molecule has 0 amide bonds. The van der Waals surface area contributed by atoms with Gasteiger partial charge in [-0.1, -0.05) is 42.5 Å². The average Bonchev–Trinajstić information content (AvgIpc) is 2.67. The topological polar surface area (TPSA) is 38.7 Å². The van der Waals surface area contributed by atoms with Crippen LogP contribution in [0.4, 0.5) is 0 Å². The normalized spacial score (nSPS) is 10.8. The van der Waals surface area contributed by atoms with Crippen LogP contribution in [0.5, 0.6) is 17.2 Å². The van der Waals surface area contributed by atoms with E-state index in [0.717, 1.165) is 33.8 Å². The molecule has 3 heteroatoms. The highest BCUT2D eigenvalue weighted by atomic mass is 16.5. The van der Waals surface area contributed by atoms with Crippen LogP contribution in [0.25, 0.3) is 23.3 Å². The molecule has 25 heavy (non-hydrogen) atoms. The van der Waals surface area contributed by atoms with Gasteiger partial charge in [-0.15, -0.1) is 0 Å². The summed E-state index contributed by atoms with van der Waals surface area (Å²) in [7, 11) is 3.27. The maximum absolute atomic E-state index is 9.48. The molecule has 1 radical (unpaired) electrons. The number of benzene rings is 3. The van der Waals surface area contributed by atoms with Gasteiger partial charge in [0.25, 0.3) is 0 Å². The van der Waals surface area contributed by atoms with Crippen LogP contribution in [-0.4, -0.2) is 19.3 Å². The van der Waals surface area contributed by atoms with E-state index in [1.807, 2.05) is 60.7 Å².